The Morgan fingerprint density at radius 1 is 1.20 bits per heavy atom. The largest absolute Gasteiger partial charge is 0.314 e. The van der Waals surface area contributed by atoms with Gasteiger partial charge in [-0.15, -0.1) is 10.2 Å². The van der Waals surface area contributed by atoms with Crippen molar-refractivity contribution < 1.29 is 0 Å². The molecule has 6 heteroatoms. The van der Waals surface area contributed by atoms with E-state index in [9.17, 15) is 0 Å². The highest BCUT2D eigenvalue weighted by molar-refractivity contribution is 5.05. The third kappa shape index (κ3) is 2.85. The second-order valence-corrected chi connectivity index (χ2v) is 5.29. The topological polar surface area (TPSA) is 68.5 Å². The average molecular weight is 272 g/mol. The fourth-order valence-electron chi connectivity index (χ4n) is 2.61. The Kier molecular flexibility index (Phi) is 4.01. The van der Waals surface area contributed by atoms with Gasteiger partial charge in [-0.2, -0.15) is 0 Å². The van der Waals surface area contributed by atoms with Crippen LogP contribution < -0.4 is 5.32 Å². The monoisotopic (exact) mass is 272 g/mol. The number of nitrogens with one attached hydrogen (secondary N) is 1. The van der Waals surface area contributed by atoms with Crippen molar-refractivity contribution in [2.24, 2.45) is 0 Å². The third-order valence-electron chi connectivity index (χ3n) is 3.75. The summed E-state index contributed by atoms with van der Waals surface area (Å²) in [6, 6.07) is 0.176. The summed E-state index contributed by atoms with van der Waals surface area (Å²) >= 11 is 0. The molecule has 0 fully saturated rings. The van der Waals surface area contributed by atoms with Crippen molar-refractivity contribution in [2.75, 3.05) is 0 Å². The van der Waals surface area contributed by atoms with Crippen LogP contribution in [-0.2, 0) is 19.5 Å². The van der Waals surface area contributed by atoms with Crippen molar-refractivity contribution >= 4 is 0 Å². The average Bonchev–Trinajstić information content (AvgIpc) is 2.75. The predicted molar refractivity (Wildman–Crippen MR) is 74.9 cm³/mol. The van der Waals surface area contributed by atoms with Gasteiger partial charge < -0.3 is 9.88 Å². The third-order valence-corrected chi connectivity index (χ3v) is 3.75. The molecular weight excluding hydrogens is 252 g/mol. The zero-order valence-electron chi connectivity index (χ0n) is 11.8. The molecule has 0 radical (unpaired) electrons. The lowest BCUT2D eigenvalue weighted by atomic mass is 10.2. The highest BCUT2D eigenvalue weighted by Crippen LogP contribution is 2.18. The Labute approximate surface area is 118 Å². The van der Waals surface area contributed by atoms with Crippen LogP contribution in [0.25, 0.3) is 0 Å². The second-order valence-electron chi connectivity index (χ2n) is 5.29. The van der Waals surface area contributed by atoms with Crippen LogP contribution in [0.15, 0.2) is 18.7 Å². The molecule has 0 bridgehead atoms. The molecule has 20 heavy (non-hydrogen) atoms. The van der Waals surface area contributed by atoms with Crippen LogP contribution in [0.4, 0.5) is 0 Å². The maximum Gasteiger partial charge on any atom is 0.149 e. The summed E-state index contributed by atoms with van der Waals surface area (Å²) in [6.07, 6.45) is 9.98. The van der Waals surface area contributed by atoms with Gasteiger partial charge in [-0.25, -0.2) is 9.97 Å². The molecule has 1 atom stereocenters. The molecule has 0 saturated heterocycles. The maximum absolute atomic E-state index is 4.37. The van der Waals surface area contributed by atoms with Gasteiger partial charge in [-0.1, -0.05) is 6.42 Å². The normalized spacial score (nSPS) is 16.4. The van der Waals surface area contributed by atoms with E-state index in [0.717, 1.165) is 36.7 Å². The molecule has 0 aliphatic carbocycles. The Balaban J connectivity index is 1.68. The summed E-state index contributed by atoms with van der Waals surface area (Å²) in [5.41, 5.74) is 1.08. The first-order chi connectivity index (χ1) is 9.84. The zero-order chi connectivity index (χ0) is 13.8. The second kappa shape index (κ2) is 6.09. The number of fused-ring (bicyclic) bond motifs is 1. The van der Waals surface area contributed by atoms with Gasteiger partial charge in [0.1, 0.15) is 18.0 Å². The first-order valence-electron chi connectivity index (χ1n) is 7.24. The van der Waals surface area contributed by atoms with Crippen molar-refractivity contribution in [2.45, 2.75) is 51.7 Å². The zero-order valence-corrected chi connectivity index (χ0v) is 11.8. The number of aromatic nitrogens is 5. The van der Waals surface area contributed by atoms with E-state index in [1.165, 1.54) is 19.3 Å². The summed E-state index contributed by atoms with van der Waals surface area (Å²) < 4.78 is 2.28. The van der Waals surface area contributed by atoms with Gasteiger partial charge in [0.15, 0.2) is 0 Å². The van der Waals surface area contributed by atoms with E-state index in [2.05, 4.69) is 37.0 Å². The molecule has 6 nitrogen and oxygen atoms in total. The highest BCUT2D eigenvalue weighted by atomic mass is 15.3. The molecule has 0 aromatic carbocycles. The SMILES string of the molecule is CC(NCc1cncnc1)c1nnc2n1CCCCC2. The molecule has 2 aromatic rings. The van der Waals surface area contributed by atoms with Gasteiger partial charge in [0.05, 0.1) is 6.04 Å². The van der Waals surface area contributed by atoms with Crippen LogP contribution in [0, 0.1) is 0 Å². The molecule has 3 rings (SSSR count). The highest BCUT2D eigenvalue weighted by Gasteiger charge is 2.18. The quantitative estimate of drug-likeness (QED) is 0.916. The summed E-state index contributed by atoms with van der Waals surface area (Å²) in [7, 11) is 0. The summed E-state index contributed by atoms with van der Waals surface area (Å²) in [5, 5.41) is 12.2. The van der Waals surface area contributed by atoms with Gasteiger partial charge in [0.25, 0.3) is 0 Å². The molecule has 2 aromatic heterocycles. The summed E-state index contributed by atoms with van der Waals surface area (Å²) in [5.74, 6) is 2.17. The molecule has 0 saturated carbocycles. The van der Waals surface area contributed by atoms with Crippen molar-refractivity contribution in [1.82, 2.24) is 30.0 Å². The molecule has 1 aliphatic heterocycles. The van der Waals surface area contributed by atoms with E-state index >= 15 is 0 Å². The Bertz CT molecular complexity index is 550. The molecule has 1 N–H and O–H groups in total. The molecule has 0 spiro atoms. The minimum atomic E-state index is 0.176. The summed E-state index contributed by atoms with van der Waals surface area (Å²) in [4.78, 5) is 8.05. The predicted octanol–water partition coefficient (Wildman–Crippen LogP) is 1.65. The van der Waals surface area contributed by atoms with E-state index in [1.54, 1.807) is 6.33 Å². The Morgan fingerprint density at radius 3 is 2.90 bits per heavy atom. The minimum absolute atomic E-state index is 0.176. The van der Waals surface area contributed by atoms with E-state index < -0.39 is 0 Å². The molecule has 106 valence electrons. The number of rotatable bonds is 4. The Morgan fingerprint density at radius 2 is 2.05 bits per heavy atom. The molecule has 3 heterocycles. The molecular formula is C14H20N6. The van der Waals surface area contributed by atoms with Crippen LogP contribution in [0.2, 0.25) is 0 Å². The molecule has 0 amide bonds. The van der Waals surface area contributed by atoms with Crippen LogP contribution in [0.5, 0.6) is 0 Å². The lowest BCUT2D eigenvalue weighted by molar-refractivity contribution is 0.501. The number of hydrogen-bond acceptors (Lipinski definition) is 5. The lowest BCUT2D eigenvalue weighted by Crippen LogP contribution is -2.22. The van der Waals surface area contributed by atoms with Crippen molar-refractivity contribution in [3.05, 3.63) is 35.9 Å². The number of hydrogen-bond donors (Lipinski definition) is 1. The van der Waals surface area contributed by atoms with Crippen LogP contribution >= 0.6 is 0 Å². The van der Waals surface area contributed by atoms with Gasteiger partial charge in [-0.3, -0.25) is 0 Å². The van der Waals surface area contributed by atoms with E-state index in [0.29, 0.717) is 0 Å². The van der Waals surface area contributed by atoms with Gasteiger partial charge in [0.2, 0.25) is 0 Å². The number of nitrogens with zero attached hydrogens (tertiary/aromatic N) is 5. The summed E-state index contributed by atoms with van der Waals surface area (Å²) in [6.45, 7) is 3.91. The smallest absolute Gasteiger partial charge is 0.149 e. The minimum Gasteiger partial charge on any atom is -0.314 e. The first-order valence-corrected chi connectivity index (χ1v) is 7.24. The molecule has 1 unspecified atom stereocenters. The van der Waals surface area contributed by atoms with E-state index in [4.69, 9.17) is 0 Å². The fourth-order valence-corrected chi connectivity index (χ4v) is 2.61. The van der Waals surface area contributed by atoms with Crippen LogP contribution in [0.3, 0.4) is 0 Å². The van der Waals surface area contributed by atoms with Crippen LogP contribution in [-0.4, -0.2) is 24.7 Å². The standard InChI is InChI=1S/C14H20N6/c1-11(17-9-12-7-15-10-16-8-12)14-19-18-13-5-3-2-4-6-20(13)14/h7-8,10-11,17H,2-6,9H2,1H3. The van der Waals surface area contributed by atoms with Gasteiger partial charge in [0, 0.05) is 37.5 Å². The maximum atomic E-state index is 4.37. The number of aryl methyl sites for hydroxylation is 1. The first kappa shape index (κ1) is 13.2. The van der Waals surface area contributed by atoms with Crippen molar-refractivity contribution in [1.29, 1.82) is 0 Å². The van der Waals surface area contributed by atoms with Crippen molar-refractivity contribution in [3.63, 3.8) is 0 Å². The van der Waals surface area contributed by atoms with E-state index in [-0.39, 0.29) is 6.04 Å². The van der Waals surface area contributed by atoms with E-state index in [1.807, 2.05) is 12.4 Å². The van der Waals surface area contributed by atoms with Crippen molar-refractivity contribution in [3.8, 4) is 0 Å². The Hall–Kier alpha value is -1.82. The van der Waals surface area contributed by atoms with Gasteiger partial charge >= 0.3 is 0 Å². The molecule has 1 aliphatic rings. The fraction of sp³-hybridized carbons (Fsp3) is 0.571. The van der Waals surface area contributed by atoms with Gasteiger partial charge in [-0.05, 0) is 19.8 Å². The lowest BCUT2D eigenvalue weighted by Gasteiger charge is -2.15. The van der Waals surface area contributed by atoms with Crippen LogP contribution in [0.1, 0.15) is 49.4 Å².